The topological polar surface area (TPSA) is 82.0 Å². The van der Waals surface area contributed by atoms with Gasteiger partial charge in [-0.15, -0.1) is 20.4 Å². The predicted octanol–water partition coefficient (Wildman–Crippen LogP) is 3.42. The molecule has 0 unspecified atom stereocenters. The van der Waals surface area contributed by atoms with Gasteiger partial charge in [0.2, 0.25) is 5.89 Å². The lowest BCUT2D eigenvalue weighted by Crippen LogP contribution is -1.97. The molecule has 0 aliphatic rings. The Balaban J connectivity index is 1.69. The van der Waals surface area contributed by atoms with Crippen LogP contribution >= 0.6 is 11.8 Å². The smallest absolute Gasteiger partial charge is 0.283 e. The molecule has 0 aliphatic carbocycles. The maximum Gasteiger partial charge on any atom is 0.283 e. The molecule has 126 valence electrons. The van der Waals surface area contributed by atoms with Crippen LogP contribution in [0.2, 0.25) is 0 Å². The number of fused-ring (bicyclic) bond motifs is 1. The molecule has 7 nitrogen and oxygen atoms in total. The van der Waals surface area contributed by atoms with E-state index in [1.54, 1.807) is 30.3 Å². The lowest BCUT2D eigenvalue weighted by Gasteiger charge is -2.02. The third-order valence-electron chi connectivity index (χ3n) is 3.46. The molecule has 0 aliphatic heterocycles. The fraction of sp³-hybridized carbons (Fsp3) is 0.188. The average Bonchev–Trinajstić information content (AvgIpc) is 3.22. The van der Waals surface area contributed by atoms with Crippen LogP contribution < -0.4 is 0 Å². The van der Waals surface area contributed by atoms with Gasteiger partial charge < -0.3 is 4.42 Å². The molecule has 0 atom stereocenters. The number of hydrogen-bond acceptors (Lipinski definition) is 7. The Labute approximate surface area is 146 Å². The minimum absolute atomic E-state index is 0.340. The Kier molecular flexibility index (Phi) is 4.14. The summed E-state index contributed by atoms with van der Waals surface area (Å²) in [6.45, 7) is 2.04. The van der Waals surface area contributed by atoms with Crippen molar-refractivity contribution in [3.05, 3.63) is 48.1 Å². The average molecular weight is 356 g/mol. The third kappa shape index (κ3) is 3.10. The molecule has 0 bridgehead atoms. The van der Waals surface area contributed by atoms with Crippen LogP contribution in [-0.4, -0.2) is 30.0 Å². The van der Waals surface area contributed by atoms with Crippen molar-refractivity contribution in [1.82, 2.24) is 30.0 Å². The second-order valence-electron chi connectivity index (χ2n) is 5.26. The molecule has 0 saturated carbocycles. The molecule has 3 aromatic heterocycles. The van der Waals surface area contributed by atoms with E-state index < -0.39 is 0 Å². The highest BCUT2D eigenvalue weighted by Crippen LogP contribution is 2.26. The molecule has 3 heterocycles. The van der Waals surface area contributed by atoms with Crippen LogP contribution in [0.3, 0.4) is 0 Å². The Bertz CT molecular complexity index is 1030. The van der Waals surface area contributed by atoms with Gasteiger partial charge in [-0.05, 0) is 42.4 Å². The van der Waals surface area contributed by atoms with Crippen molar-refractivity contribution in [2.75, 3.05) is 0 Å². The Morgan fingerprint density at radius 2 is 1.96 bits per heavy atom. The zero-order valence-corrected chi connectivity index (χ0v) is 14.1. The van der Waals surface area contributed by atoms with Crippen LogP contribution in [-0.2, 0) is 6.42 Å². The summed E-state index contributed by atoms with van der Waals surface area (Å²) in [7, 11) is 0. The van der Waals surface area contributed by atoms with Crippen molar-refractivity contribution in [3.8, 4) is 11.4 Å². The van der Waals surface area contributed by atoms with Crippen LogP contribution in [0, 0.1) is 5.82 Å². The summed E-state index contributed by atoms with van der Waals surface area (Å²) in [6, 6.07) is 9.93. The normalized spacial score (nSPS) is 11.3. The molecule has 25 heavy (non-hydrogen) atoms. The molecule has 0 radical (unpaired) electrons. The summed E-state index contributed by atoms with van der Waals surface area (Å²) in [4.78, 5) is 0. The highest BCUT2D eigenvalue weighted by molar-refractivity contribution is 7.99. The molecule has 0 spiro atoms. The zero-order chi connectivity index (χ0) is 17.2. The summed E-state index contributed by atoms with van der Waals surface area (Å²) in [5.41, 5.74) is 0.868. The number of hydrogen-bond donors (Lipinski definition) is 0. The first-order chi connectivity index (χ1) is 12.2. The van der Waals surface area contributed by atoms with Crippen LogP contribution in [0.25, 0.3) is 17.0 Å². The van der Waals surface area contributed by atoms with Crippen molar-refractivity contribution < 1.29 is 8.81 Å². The molecule has 0 amide bonds. The van der Waals surface area contributed by atoms with Crippen molar-refractivity contribution in [1.29, 1.82) is 0 Å². The van der Waals surface area contributed by atoms with Gasteiger partial charge in [0.25, 0.3) is 5.22 Å². The summed E-state index contributed by atoms with van der Waals surface area (Å²) in [5, 5.41) is 21.6. The number of nitrogens with zero attached hydrogens (tertiary/aromatic N) is 6. The molecule has 9 heteroatoms. The molecule has 0 N–H and O–H groups in total. The van der Waals surface area contributed by atoms with Gasteiger partial charge in [0, 0.05) is 6.42 Å². The summed E-state index contributed by atoms with van der Waals surface area (Å²) < 4.78 is 21.1. The number of rotatable bonds is 5. The number of halogens is 1. The summed E-state index contributed by atoms with van der Waals surface area (Å²) in [6.07, 6.45) is 1.67. The highest BCUT2D eigenvalue weighted by Gasteiger charge is 2.15. The predicted molar refractivity (Wildman–Crippen MR) is 88.6 cm³/mol. The Morgan fingerprint density at radius 3 is 2.80 bits per heavy atom. The van der Waals surface area contributed by atoms with E-state index in [2.05, 4.69) is 25.5 Å². The van der Waals surface area contributed by atoms with Gasteiger partial charge in [0.1, 0.15) is 10.8 Å². The molecule has 0 fully saturated rings. The van der Waals surface area contributed by atoms with Gasteiger partial charge in [0.05, 0.1) is 5.56 Å². The van der Waals surface area contributed by atoms with E-state index in [1.807, 2.05) is 6.92 Å². The number of aryl methyl sites for hydroxylation is 1. The first-order valence-corrected chi connectivity index (χ1v) is 8.54. The summed E-state index contributed by atoms with van der Waals surface area (Å²) >= 11 is 1.24. The van der Waals surface area contributed by atoms with Gasteiger partial charge in [-0.25, -0.2) is 4.39 Å². The minimum Gasteiger partial charge on any atom is -0.416 e. The fourth-order valence-corrected chi connectivity index (χ4v) is 2.98. The fourth-order valence-electron chi connectivity index (χ4n) is 2.32. The molecular formula is C16H13FN6OS. The van der Waals surface area contributed by atoms with Crippen LogP contribution in [0.1, 0.15) is 19.2 Å². The van der Waals surface area contributed by atoms with Gasteiger partial charge >= 0.3 is 0 Å². The highest BCUT2D eigenvalue weighted by atomic mass is 32.2. The lowest BCUT2D eigenvalue weighted by molar-refractivity contribution is 0.411. The quantitative estimate of drug-likeness (QED) is 0.542. The Morgan fingerprint density at radius 1 is 1.08 bits per heavy atom. The van der Waals surface area contributed by atoms with Crippen molar-refractivity contribution in [3.63, 3.8) is 0 Å². The van der Waals surface area contributed by atoms with Crippen LogP contribution in [0.15, 0.2) is 51.1 Å². The lowest BCUT2D eigenvalue weighted by atomic mass is 10.2. The minimum atomic E-state index is -0.377. The van der Waals surface area contributed by atoms with Crippen molar-refractivity contribution in [2.45, 2.75) is 30.0 Å². The first kappa shape index (κ1) is 15.7. The molecule has 4 rings (SSSR count). The third-order valence-corrected chi connectivity index (χ3v) is 4.22. The van der Waals surface area contributed by atoms with E-state index in [4.69, 9.17) is 4.42 Å². The first-order valence-electron chi connectivity index (χ1n) is 7.72. The standard InChI is InChI=1S/C16H13FN6OS/c1-2-5-13-19-21-16(24-13)25-14-9-8-12-18-20-15(23(12)22-14)10-6-3-4-7-11(10)17/h3-4,6-9H,2,5H2,1H3. The molecule has 4 aromatic rings. The van der Waals surface area contributed by atoms with Crippen molar-refractivity contribution >= 4 is 17.4 Å². The number of aromatic nitrogens is 6. The maximum absolute atomic E-state index is 14.1. The van der Waals surface area contributed by atoms with E-state index in [-0.39, 0.29) is 5.82 Å². The SMILES string of the molecule is CCCc1nnc(Sc2ccc3nnc(-c4ccccc4F)n3n2)o1. The zero-order valence-electron chi connectivity index (χ0n) is 13.3. The van der Waals surface area contributed by atoms with E-state index in [9.17, 15) is 4.39 Å². The maximum atomic E-state index is 14.1. The van der Waals surface area contributed by atoms with Crippen LogP contribution in [0.5, 0.6) is 0 Å². The summed E-state index contributed by atoms with van der Waals surface area (Å²) in [5.74, 6) is 0.563. The van der Waals surface area contributed by atoms with E-state index >= 15 is 0 Å². The number of benzene rings is 1. The van der Waals surface area contributed by atoms with E-state index in [0.29, 0.717) is 33.2 Å². The van der Waals surface area contributed by atoms with Gasteiger partial charge in [-0.2, -0.15) is 9.61 Å². The van der Waals surface area contributed by atoms with E-state index in [0.717, 1.165) is 12.8 Å². The Hall–Kier alpha value is -2.81. The van der Waals surface area contributed by atoms with Gasteiger partial charge in [0.15, 0.2) is 11.5 Å². The monoisotopic (exact) mass is 356 g/mol. The second-order valence-corrected chi connectivity index (χ2v) is 6.23. The molecular weight excluding hydrogens is 343 g/mol. The van der Waals surface area contributed by atoms with E-state index in [1.165, 1.54) is 22.3 Å². The second kappa shape index (κ2) is 6.60. The molecule has 0 saturated heterocycles. The largest absolute Gasteiger partial charge is 0.416 e. The van der Waals surface area contributed by atoms with Crippen molar-refractivity contribution in [2.24, 2.45) is 0 Å². The van der Waals surface area contributed by atoms with Gasteiger partial charge in [-0.3, -0.25) is 0 Å². The van der Waals surface area contributed by atoms with Crippen LogP contribution in [0.4, 0.5) is 4.39 Å². The van der Waals surface area contributed by atoms with Gasteiger partial charge in [-0.1, -0.05) is 19.1 Å². The molecule has 1 aromatic carbocycles.